The molecule has 0 N–H and O–H groups in total. The average molecular weight is 222 g/mol. The van der Waals surface area contributed by atoms with E-state index in [1.54, 1.807) is 0 Å². The van der Waals surface area contributed by atoms with Crippen LogP contribution < -0.4 is 0 Å². The fraction of sp³-hybridized carbons (Fsp3) is 0.417. The van der Waals surface area contributed by atoms with Gasteiger partial charge in [-0.05, 0) is 32.2 Å². The SMILES string of the molecule is COC(=O)c1sccc1C#CC(C)(C)C. The van der Waals surface area contributed by atoms with Gasteiger partial charge < -0.3 is 4.74 Å². The smallest absolute Gasteiger partial charge is 0.349 e. The predicted octanol–water partition coefficient (Wildman–Crippen LogP) is 2.93. The Morgan fingerprint density at radius 1 is 1.47 bits per heavy atom. The molecule has 0 radical (unpaired) electrons. The van der Waals surface area contributed by atoms with Crippen molar-refractivity contribution in [3.8, 4) is 11.8 Å². The lowest BCUT2D eigenvalue weighted by Crippen LogP contribution is -2.02. The van der Waals surface area contributed by atoms with Gasteiger partial charge in [0.2, 0.25) is 0 Å². The lowest BCUT2D eigenvalue weighted by molar-refractivity contribution is 0.0606. The van der Waals surface area contributed by atoms with Crippen LogP contribution in [0.15, 0.2) is 11.4 Å². The molecule has 0 spiro atoms. The van der Waals surface area contributed by atoms with Crippen molar-refractivity contribution in [2.45, 2.75) is 20.8 Å². The second-order valence-corrected chi connectivity index (χ2v) is 5.07. The highest BCUT2D eigenvalue weighted by Gasteiger charge is 2.12. The molecule has 0 unspecified atom stereocenters. The number of esters is 1. The summed E-state index contributed by atoms with van der Waals surface area (Å²) in [6.45, 7) is 6.10. The first-order chi connectivity index (χ1) is 6.94. The lowest BCUT2D eigenvalue weighted by Gasteiger charge is -2.06. The second kappa shape index (κ2) is 4.50. The Morgan fingerprint density at radius 3 is 2.67 bits per heavy atom. The van der Waals surface area contributed by atoms with E-state index in [2.05, 4.69) is 16.6 Å². The van der Waals surface area contributed by atoms with Gasteiger partial charge in [0, 0.05) is 11.0 Å². The van der Waals surface area contributed by atoms with Crippen molar-refractivity contribution in [3.05, 3.63) is 21.9 Å². The van der Waals surface area contributed by atoms with Gasteiger partial charge in [0.1, 0.15) is 4.88 Å². The second-order valence-electron chi connectivity index (χ2n) is 4.15. The first kappa shape index (κ1) is 11.8. The first-order valence-electron chi connectivity index (χ1n) is 4.63. The Kier molecular flexibility index (Phi) is 3.54. The van der Waals surface area contributed by atoms with Crippen LogP contribution in [0.2, 0.25) is 0 Å². The minimum atomic E-state index is -0.316. The van der Waals surface area contributed by atoms with Crippen LogP contribution >= 0.6 is 11.3 Å². The van der Waals surface area contributed by atoms with Gasteiger partial charge in [0.15, 0.2) is 0 Å². The van der Waals surface area contributed by atoms with Crippen molar-refractivity contribution in [1.29, 1.82) is 0 Å². The Bertz CT molecular complexity index is 413. The number of methoxy groups -OCH3 is 1. The van der Waals surface area contributed by atoms with E-state index in [9.17, 15) is 4.79 Å². The van der Waals surface area contributed by atoms with E-state index in [1.165, 1.54) is 18.4 Å². The van der Waals surface area contributed by atoms with Crippen LogP contribution in [0.4, 0.5) is 0 Å². The van der Waals surface area contributed by atoms with E-state index in [1.807, 2.05) is 32.2 Å². The summed E-state index contributed by atoms with van der Waals surface area (Å²) < 4.78 is 4.67. The Labute approximate surface area is 94.3 Å². The summed E-state index contributed by atoms with van der Waals surface area (Å²) in [5, 5.41) is 1.85. The largest absolute Gasteiger partial charge is 0.465 e. The topological polar surface area (TPSA) is 26.3 Å². The average Bonchev–Trinajstić information content (AvgIpc) is 2.60. The predicted molar refractivity (Wildman–Crippen MR) is 62.0 cm³/mol. The molecule has 3 heteroatoms. The van der Waals surface area contributed by atoms with Crippen LogP contribution in [0.1, 0.15) is 36.0 Å². The van der Waals surface area contributed by atoms with Gasteiger partial charge in [0.05, 0.1) is 7.11 Å². The molecule has 0 aliphatic heterocycles. The maximum atomic E-state index is 11.3. The van der Waals surface area contributed by atoms with Crippen LogP contribution in [0, 0.1) is 17.3 Å². The Morgan fingerprint density at radius 2 is 2.13 bits per heavy atom. The van der Waals surface area contributed by atoms with Gasteiger partial charge in [-0.2, -0.15) is 0 Å². The molecule has 1 rings (SSSR count). The molecule has 1 heterocycles. The van der Waals surface area contributed by atoms with Gasteiger partial charge in [-0.3, -0.25) is 0 Å². The fourth-order valence-corrected chi connectivity index (χ4v) is 1.68. The Balaban J connectivity index is 3.00. The van der Waals surface area contributed by atoms with Crippen LogP contribution in [0.3, 0.4) is 0 Å². The summed E-state index contributed by atoms with van der Waals surface area (Å²) in [5.74, 6) is 5.78. The fourth-order valence-electron chi connectivity index (χ4n) is 0.913. The normalized spacial score (nSPS) is 10.4. The zero-order valence-corrected chi connectivity index (χ0v) is 10.2. The molecule has 0 bridgehead atoms. The Hall–Kier alpha value is -1.27. The number of carbonyl (C=O) groups excluding carboxylic acids is 1. The van der Waals surface area contributed by atoms with Crippen LogP contribution in [0.5, 0.6) is 0 Å². The van der Waals surface area contributed by atoms with Gasteiger partial charge in [-0.25, -0.2) is 4.79 Å². The van der Waals surface area contributed by atoms with Crippen LogP contribution in [0.25, 0.3) is 0 Å². The molecule has 15 heavy (non-hydrogen) atoms. The molecule has 0 aromatic carbocycles. The monoisotopic (exact) mass is 222 g/mol. The van der Waals surface area contributed by atoms with E-state index < -0.39 is 0 Å². The van der Waals surface area contributed by atoms with Crippen molar-refractivity contribution in [1.82, 2.24) is 0 Å². The third kappa shape index (κ3) is 3.41. The highest BCUT2D eigenvalue weighted by molar-refractivity contribution is 7.12. The molecule has 0 saturated carbocycles. The summed E-state index contributed by atoms with van der Waals surface area (Å²) in [7, 11) is 1.38. The highest BCUT2D eigenvalue weighted by Crippen LogP contribution is 2.18. The molecule has 0 fully saturated rings. The minimum absolute atomic E-state index is 0.0602. The van der Waals surface area contributed by atoms with E-state index in [4.69, 9.17) is 0 Å². The van der Waals surface area contributed by atoms with Crippen molar-refractivity contribution >= 4 is 17.3 Å². The molecule has 0 aliphatic carbocycles. The zero-order chi connectivity index (χ0) is 11.5. The van der Waals surface area contributed by atoms with E-state index in [-0.39, 0.29) is 11.4 Å². The summed E-state index contributed by atoms with van der Waals surface area (Å²) in [5.41, 5.74) is 0.691. The molecule has 1 aromatic heterocycles. The molecule has 0 saturated heterocycles. The molecule has 1 aromatic rings. The van der Waals surface area contributed by atoms with Gasteiger partial charge in [-0.15, -0.1) is 11.3 Å². The lowest BCUT2D eigenvalue weighted by atomic mass is 9.97. The van der Waals surface area contributed by atoms with Crippen molar-refractivity contribution in [2.24, 2.45) is 5.41 Å². The van der Waals surface area contributed by atoms with E-state index >= 15 is 0 Å². The van der Waals surface area contributed by atoms with Crippen molar-refractivity contribution in [3.63, 3.8) is 0 Å². The zero-order valence-electron chi connectivity index (χ0n) is 9.38. The molecule has 0 amide bonds. The quantitative estimate of drug-likeness (QED) is 0.539. The van der Waals surface area contributed by atoms with Crippen molar-refractivity contribution < 1.29 is 9.53 Å². The number of hydrogen-bond donors (Lipinski definition) is 0. The summed E-state index contributed by atoms with van der Waals surface area (Å²) in [4.78, 5) is 11.9. The first-order valence-corrected chi connectivity index (χ1v) is 5.51. The number of rotatable bonds is 1. The maximum absolute atomic E-state index is 11.3. The summed E-state index contributed by atoms with van der Waals surface area (Å²) in [6, 6.07) is 1.84. The number of ether oxygens (including phenoxy) is 1. The maximum Gasteiger partial charge on any atom is 0.349 e. The molecule has 0 atom stereocenters. The standard InChI is InChI=1S/C12H14O2S/c1-12(2,3)7-5-9-6-8-15-10(9)11(13)14-4/h6,8H,1-4H3. The van der Waals surface area contributed by atoms with Crippen LogP contribution in [-0.4, -0.2) is 13.1 Å². The number of thiophene rings is 1. The number of hydrogen-bond acceptors (Lipinski definition) is 3. The number of carbonyl (C=O) groups is 1. The van der Waals surface area contributed by atoms with E-state index in [0.29, 0.717) is 4.88 Å². The minimum Gasteiger partial charge on any atom is -0.465 e. The third-order valence-corrected chi connectivity index (χ3v) is 2.50. The van der Waals surface area contributed by atoms with Crippen molar-refractivity contribution in [2.75, 3.05) is 7.11 Å². The van der Waals surface area contributed by atoms with Gasteiger partial charge in [-0.1, -0.05) is 11.8 Å². The molecule has 80 valence electrons. The van der Waals surface area contributed by atoms with Gasteiger partial charge in [0.25, 0.3) is 0 Å². The summed E-state index contributed by atoms with van der Waals surface area (Å²) >= 11 is 1.36. The third-order valence-electron chi connectivity index (χ3n) is 1.61. The molecule has 2 nitrogen and oxygen atoms in total. The summed E-state index contributed by atoms with van der Waals surface area (Å²) in [6.07, 6.45) is 0. The molecular weight excluding hydrogens is 208 g/mol. The van der Waals surface area contributed by atoms with E-state index in [0.717, 1.165) is 5.56 Å². The van der Waals surface area contributed by atoms with Gasteiger partial charge >= 0.3 is 5.97 Å². The molecular formula is C12H14O2S. The molecule has 0 aliphatic rings. The van der Waals surface area contributed by atoms with Crippen LogP contribution in [-0.2, 0) is 4.74 Å². The highest BCUT2D eigenvalue weighted by atomic mass is 32.1.